The molecule has 21 heavy (non-hydrogen) atoms. The fourth-order valence-corrected chi connectivity index (χ4v) is 3.65. The molecule has 6 heteroatoms. The molecule has 0 aromatic carbocycles. The highest BCUT2D eigenvalue weighted by Gasteiger charge is 2.41. The Morgan fingerprint density at radius 3 is 3.10 bits per heavy atom. The van der Waals surface area contributed by atoms with Crippen molar-refractivity contribution < 1.29 is 4.79 Å². The van der Waals surface area contributed by atoms with Crippen LogP contribution >= 0.6 is 0 Å². The fraction of sp³-hybridized carbons (Fsp3) is 0.800. The number of aryl methyl sites for hydroxylation is 1. The van der Waals surface area contributed by atoms with Gasteiger partial charge in [0, 0.05) is 19.5 Å². The van der Waals surface area contributed by atoms with E-state index < -0.39 is 0 Å². The lowest BCUT2D eigenvalue weighted by Crippen LogP contribution is -2.43. The van der Waals surface area contributed by atoms with Crippen molar-refractivity contribution in [3.05, 3.63) is 11.6 Å². The SMILES string of the molecule is CCCC1(C(=O)NC(C)c2nnc3n2CCC3)CCNC1. The Hall–Kier alpha value is -1.43. The second kappa shape index (κ2) is 5.75. The zero-order chi connectivity index (χ0) is 14.9. The molecule has 0 aliphatic carbocycles. The summed E-state index contributed by atoms with van der Waals surface area (Å²) >= 11 is 0. The standard InChI is InChI=1S/C15H25N5O/c1-3-6-15(7-8-16-10-15)14(21)17-11(2)13-19-18-12-5-4-9-20(12)13/h11,16H,3-10H2,1-2H3,(H,17,21). The monoisotopic (exact) mass is 291 g/mol. The second-order valence-electron chi connectivity index (χ2n) is 6.38. The first-order valence-corrected chi connectivity index (χ1v) is 8.10. The third-order valence-corrected chi connectivity index (χ3v) is 4.83. The predicted octanol–water partition coefficient (Wildman–Crippen LogP) is 1.18. The third-order valence-electron chi connectivity index (χ3n) is 4.83. The Morgan fingerprint density at radius 2 is 2.38 bits per heavy atom. The molecule has 0 saturated carbocycles. The minimum absolute atomic E-state index is 0.0776. The quantitative estimate of drug-likeness (QED) is 0.854. The molecule has 2 atom stereocenters. The molecular weight excluding hydrogens is 266 g/mol. The predicted molar refractivity (Wildman–Crippen MR) is 79.7 cm³/mol. The van der Waals surface area contributed by atoms with Crippen LogP contribution in [-0.2, 0) is 17.8 Å². The number of nitrogens with one attached hydrogen (secondary N) is 2. The molecule has 3 rings (SSSR count). The van der Waals surface area contributed by atoms with Crippen LogP contribution in [0.5, 0.6) is 0 Å². The van der Waals surface area contributed by atoms with Gasteiger partial charge in [0.25, 0.3) is 0 Å². The van der Waals surface area contributed by atoms with E-state index in [-0.39, 0.29) is 17.4 Å². The third kappa shape index (κ3) is 2.57. The normalized spacial score (nSPS) is 25.8. The molecule has 1 fully saturated rings. The average Bonchev–Trinajstić information content (AvgIpc) is 3.15. The molecule has 1 aromatic heterocycles. The van der Waals surface area contributed by atoms with Gasteiger partial charge in [-0.05, 0) is 32.7 Å². The maximum Gasteiger partial charge on any atom is 0.228 e. The highest BCUT2D eigenvalue weighted by atomic mass is 16.2. The number of carbonyl (C=O) groups excluding carboxylic acids is 1. The maximum absolute atomic E-state index is 12.8. The first-order valence-electron chi connectivity index (χ1n) is 8.10. The van der Waals surface area contributed by atoms with Gasteiger partial charge in [-0.3, -0.25) is 4.79 Å². The number of hydrogen-bond donors (Lipinski definition) is 2. The topological polar surface area (TPSA) is 71.8 Å². The Morgan fingerprint density at radius 1 is 1.52 bits per heavy atom. The van der Waals surface area contributed by atoms with Crippen molar-refractivity contribution in [1.82, 2.24) is 25.4 Å². The zero-order valence-corrected chi connectivity index (χ0v) is 13.0. The molecule has 3 heterocycles. The number of rotatable bonds is 5. The van der Waals surface area contributed by atoms with E-state index in [9.17, 15) is 4.79 Å². The molecule has 116 valence electrons. The molecule has 0 spiro atoms. The van der Waals surface area contributed by atoms with Crippen molar-refractivity contribution in [2.24, 2.45) is 5.41 Å². The summed E-state index contributed by atoms with van der Waals surface area (Å²) in [5.74, 6) is 2.11. The van der Waals surface area contributed by atoms with Gasteiger partial charge in [0.2, 0.25) is 5.91 Å². The van der Waals surface area contributed by atoms with Crippen molar-refractivity contribution in [3.63, 3.8) is 0 Å². The minimum atomic E-state index is -0.239. The zero-order valence-electron chi connectivity index (χ0n) is 13.0. The average molecular weight is 291 g/mol. The van der Waals surface area contributed by atoms with Crippen molar-refractivity contribution in [2.45, 2.75) is 58.5 Å². The van der Waals surface area contributed by atoms with E-state index in [1.807, 2.05) is 6.92 Å². The molecule has 2 unspecified atom stereocenters. The highest BCUT2D eigenvalue weighted by molar-refractivity contribution is 5.83. The number of carbonyl (C=O) groups is 1. The smallest absolute Gasteiger partial charge is 0.228 e. The number of aromatic nitrogens is 3. The number of fused-ring (bicyclic) bond motifs is 1. The molecule has 1 amide bonds. The minimum Gasteiger partial charge on any atom is -0.346 e. The molecule has 2 N–H and O–H groups in total. The molecular formula is C15H25N5O. The van der Waals surface area contributed by atoms with Crippen molar-refractivity contribution in [2.75, 3.05) is 13.1 Å². The summed E-state index contributed by atoms with van der Waals surface area (Å²) in [6.07, 6.45) is 5.03. The lowest BCUT2D eigenvalue weighted by molar-refractivity contribution is -0.131. The summed E-state index contributed by atoms with van der Waals surface area (Å²) in [6, 6.07) is -0.0776. The Bertz CT molecular complexity index is 518. The molecule has 2 aliphatic heterocycles. The van der Waals surface area contributed by atoms with Gasteiger partial charge in [0.15, 0.2) is 5.82 Å². The van der Waals surface area contributed by atoms with Crippen LogP contribution in [0.25, 0.3) is 0 Å². The fourth-order valence-electron chi connectivity index (χ4n) is 3.65. The van der Waals surface area contributed by atoms with Crippen LogP contribution < -0.4 is 10.6 Å². The van der Waals surface area contributed by atoms with Crippen LogP contribution in [-0.4, -0.2) is 33.8 Å². The molecule has 1 aromatic rings. The van der Waals surface area contributed by atoms with Gasteiger partial charge in [-0.25, -0.2) is 0 Å². The van der Waals surface area contributed by atoms with Crippen molar-refractivity contribution >= 4 is 5.91 Å². The van der Waals surface area contributed by atoms with Gasteiger partial charge in [-0.1, -0.05) is 13.3 Å². The summed E-state index contributed by atoms with van der Waals surface area (Å²) in [6.45, 7) is 6.84. The molecule has 0 radical (unpaired) electrons. The first-order chi connectivity index (χ1) is 10.2. The summed E-state index contributed by atoms with van der Waals surface area (Å²) in [5.41, 5.74) is -0.239. The van der Waals surface area contributed by atoms with Gasteiger partial charge in [-0.2, -0.15) is 0 Å². The van der Waals surface area contributed by atoms with E-state index in [1.165, 1.54) is 0 Å². The number of amides is 1. The van der Waals surface area contributed by atoms with Gasteiger partial charge in [0.1, 0.15) is 5.82 Å². The van der Waals surface area contributed by atoms with Crippen LogP contribution in [0.1, 0.15) is 57.2 Å². The van der Waals surface area contributed by atoms with Crippen LogP contribution in [0.3, 0.4) is 0 Å². The van der Waals surface area contributed by atoms with Crippen LogP contribution in [0, 0.1) is 5.41 Å². The van der Waals surface area contributed by atoms with Gasteiger partial charge in [0.05, 0.1) is 11.5 Å². The molecule has 0 bridgehead atoms. The number of hydrogen-bond acceptors (Lipinski definition) is 4. The molecule has 1 saturated heterocycles. The van der Waals surface area contributed by atoms with E-state index >= 15 is 0 Å². The van der Waals surface area contributed by atoms with E-state index in [2.05, 4.69) is 32.3 Å². The Labute approximate surface area is 125 Å². The van der Waals surface area contributed by atoms with Crippen LogP contribution in [0.2, 0.25) is 0 Å². The summed E-state index contributed by atoms with van der Waals surface area (Å²) in [4.78, 5) is 12.8. The van der Waals surface area contributed by atoms with Crippen LogP contribution in [0.15, 0.2) is 0 Å². The Balaban J connectivity index is 1.71. The van der Waals surface area contributed by atoms with Crippen LogP contribution in [0.4, 0.5) is 0 Å². The molecule has 2 aliphatic rings. The van der Waals surface area contributed by atoms with Crippen molar-refractivity contribution in [1.29, 1.82) is 0 Å². The maximum atomic E-state index is 12.8. The lowest BCUT2D eigenvalue weighted by Gasteiger charge is -2.28. The van der Waals surface area contributed by atoms with Gasteiger partial charge >= 0.3 is 0 Å². The summed E-state index contributed by atoms with van der Waals surface area (Å²) < 4.78 is 2.16. The van der Waals surface area contributed by atoms with E-state index in [4.69, 9.17) is 0 Å². The van der Waals surface area contributed by atoms with E-state index in [1.54, 1.807) is 0 Å². The van der Waals surface area contributed by atoms with E-state index in [0.717, 1.165) is 63.4 Å². The van der Waals surface area contributed by atoms with Gasteiger partial charge in [-0.15, -0.1) is 10.2 Å². The second-order valence-corrected chi connectivity index (χ2v) is 6.38. The summed E-state index contributed by atoms with van der Waals surface area (Å²) in [5, 5.41) is 15.0. The first kappa shape index (κ1) is 14.5. The summed E-state index contributed by atoms with van der Waals surface area (Å²) in [7, 11) is 0. The lowest BCUT2D eigenvalue weighted by atomic mass is 9.81. The van der Waals surface area contributed by atoms with Gasteiger partial charge < -0.3 is 15.2 Å². The van der Waals surface area contributed by atoms with E-state index in [0.29, 0.717) is 0 Å². The largest absolute Gasteiger partial charge is 0.346 e. The molecule has 6 nitrogen and oxygen atoms in total. The Kier molecular flexibility index (Phi) is 3.97. The number of nitrogens with zero attached hydrogens (tertiary/aromatic N) is 3. The highest BCUT2D eigenvalue weighted by Crippen LogP contribution is 2.32. The van der Waals surface area contributed by atoms with Crippen molar-refractivity contribution in [3.8, 4) is 0 Å².